The van der Waals surface area contributed by atoms with Crippen LogP contribution in [-0.2, 0) is 0 Å². The molecule has 0 saturated heterocycles. The van der Waals surface area contributed by atoms with Crippen LogP contribution in [0.25, 0.3) is 0 Å². The minimum Gasteiger partial charge on any atom is -0.492 e. The minimum atomic E-state index is 0.757. The minimum absolute atomic E-state index is 0.757. The number of rotatable bonds is 7. The summed E-state index contributed by atoms with van der Waals surface area (Å²) in [6, 6.07) is 5.83. The SMILES string of the molecule is CCCCCCOc1cccc(Br)c1OC. The van der Waals surface area contributed by atoms with Crippen molar-refractivity contribution >= 4 is 15.9 Å². The van der Waals surface area contributed by atoms with E-state index >= 15 is 0 Å². The van der Waals surface area contributed by atoms with Crippen LogP contribution in [0.2, 0.25) is 0 Å². The van der Waals surface area contributed by atoms with Crippen LogP contribution >= 0.6 is 15.9 Å². The molecular weight excluding hydrogens is 268 g/mol. The molecule has 0 amide bonds. The van der Waals surface area contributed by atoms with Crippen LogP contribution in [-0.4, -0.2) is 13.7 Å². The number of hydrogen-bond donors (Lipinski definition) is 0. The molecule has 0 aliphatic carbocycles. The number of hydrogen-bond acceptors (Lipinski definition) is 2. The second-order valence-electron chi connectivity index (χ2n) is 3.68. The Kier molecular flexibility index (Phi) is 6.31. The second kappa shape index (κ2) is 7.55. The molecule has 0 unspecified atom stereocenters. The molecule has 1 rings (SSSR count). The zero-order chi connectivity index (χ0) is 11.8. The van der Waals surface area contributed by atoms with E-state index in [-0.39, 0.29) is 0 Å². The predicted octanol–water partition coefficient (Wildman–Crippen LogP) is 4.42. The third kappa shape index (κ3) is 4.05. The average Bonchev–Trinajstić information content (AvgIpc) is 2.29. The van der Waals surface area contributed by atoms with E-state index in [9.17, 15) is 0 Å². The van der Waals surface area contributed by atoms with Gasteiger partial charge in [0.05, 0.1) is 18.2 Å². The molecule has 0 fully saturated rings. The first-order chi connectivity index (χ1) is 7.79. The van der Waals surface area contributed by atoms with Crippen LogP contribution < -0.4 is 9.47 Å². The van der Waals surface area contributed by atoms with E-state index in [1.165, 1.54) is 19.3 Å². The largest absolute Gasteiger partial charge is 0.492 e. The average molecular weight is 287 g/mol. The molecule has 2 nitrogen and oxygen atoms in total. The first kappa shape index (κ1) is 13.4. The molecule has 3 heteroatoms. The zero-order valence-corrected chi connectivity index (χ0v) is 11.5. The zero-order valence-electron chi connectivity index (χ0n) is 9.96. The highest BCUT2D eigenvalue weighted by molar-refractivity contribution is 9.10. The number of halogens is 1. The standard InChI is InChI=1S/C13H19BrO2/c1-3-4-5-6-10-16-12-9-7-8-11(14)13(12)15-2/h7-9H,3-6,10H2,1-2H3. The summed E-state index contributed by atoms with van der Waals surface area (Å²) in [7, 11) is 1.66. The number of para-hydroxylation sites is 1. The smallest absolute Gasteiger partial charge is 0.174 e. The summed E-state index contributed by atoms with van der Waals surface area (Å²) >= 11 is 3.44. The van der Waals surface area contributed by atoms with Crippen molar-refractivity contribution in [2.45, 2.75) is 32.6 Å². The molecule has 90 valence electrons. The van der Waals surface area contributed by atoms with Gasteiger partial charge in [0.1, 0.15) is 0 Å². The van der Waals surface area contributed by atoms with Gasteiger partial charge >= 0.3 is 0 Å². The Bertz CT molecular complexity index is 313. The number of benzene rings is 1. The predicted molar refractivity (Wildman–Crippen MR) is 70.3 cm³/mol. The quantitative estimate of drug-likeness (QED) is 0.691. The molecule has 0 aliphatic rings. The normalized spacial score (nSPS) is 10.2. The molecule has 0 atom stereocenters. The summed E-state index contributed by atoms with van der Waals surface area (Å²) in [5, 5.41) is 0. The molecule has 0 aliphatic heterocycles. The van der Waals surface area contributed by atoms with Crippen molar-refractivity contribution in [3.63, 3.8) is 0 Å². The van der Waals surface area contributed by atoms with Gasteiger partial charge in [0.15, 0.2) is 11.5 Å². The van der Waals surface area contributed by atoms with Crippen LogP contribution in [0.4, 0.5) is 0 Å². The van der Waals surface area contributed by atoms with Crippen molar-refractivity contribution in [3.05, 3.63) is 22.7 Å². The second-order valence-corrected chi connectivity index (χ2v) is 4.53. The Balaban J connectivity index is 2.44. The first-order valence-corrected chi connectivity index (χ1v) is 6.54. The topological polar surface area (TPSA) is 18.5 Å². The molecule has 16 heavy (non-hydrogen) atoms. The molecule has 0 spiro atoms. The van der Waals surface area contributed by atoms with Crippen LogP contribution in [0, 0.1) is 0 Å². The van der Waals surface area contributed by atoms with Crippen molar-refractivity contribution in [3.8, 4) is 11.5 Å². The summed E-state index contributed by atoms with van der Waals surface area (Å²) in [6.07, 6.45) is 4.86. The molecule has 1 aromatic rings. The lowest BCUT2D eigenvalue weighted by Crippen LogP contribution is -1.99. The van der Waals surface area contributed by atoms with Crippen molar-refractivity contribution in [1.82, 2.24) is 0 Å². The fourth-order valence-electron chi connectivity index (χ4n) is 1.51. The Hall–Kier alpha value is -0.700. The van der Waals surface area contributed by atoms with E-state index in [4.69, 9.17) is 9.47 Å². The Morgan fingerprint density at radius 2 is 2.00 bits per heavy atom. The highest BCUT2D eigenvalue weighted by Gasteiger charge is 2.07. The maximum Gasteiger partial charge on any atom is 0.174 e. The van der Waals surface area contributed by atoms with Gasteiger partial charge in [-0.15, -0.1) is 0 Å². The monoisotopic (exact) mass is 286 g/mol. The van der Waals surface area contributed by atoms with Gasteiger partial charge in [-0.1, -0.05) is 32.3 Å². The van der Waals surface area contributed by atoms with Crippen molar-refractivity contribution in [2.24, 2.45) is 0 Å². The van der Waals surface area contributed by atoms with E-state index in [2.05, 4.69) is 22.9 Å². The van der Waals surface area contributed by atoms with Crippen molar-refractivity contribution in [1.29, 1.82) is 0 Å². The van der Waals surface area contributed by atoms with E-state index in [1.807, 2.05) is 18.2 Å². The summed E-state index contributed by atoms with van der Waals surface area (Å²) in [4.78, 5) is 0. The lowest BCUT2D eigenvalue weighted by molar-refractivity contribution is 0.284. The van der Waals surface area contributed by atoms with E-state index < -0.39 is 0 Å². The number of ether oxygens (including phenoxy) is 2. The fraction of sp³-hybridized carbons (Fsp3) is 0.538. The highest BCUT2D eigenvalue weighted by Crippen LogP contribution is 2.34. The van der Waals surface area contributed by atoms with Crippen molar-refractivity contribution < 1.29 is 9.47 Å². The third-order valence-corrected chi connectivity index (χ3v) is 3.01. The Morgan fingerprint density at radius 1 is 1.19 bits per heavy atom. The van der Waals surface area contributed by atoms with Gasteiger partial charge in [0.2, 0.25) is 0 Å². The van der Waals surface area contributed by atoms with E-state index in [0.717, 1.165) is 29.0 Å². The molecule has 0 bridgehead atoms. The lowest BCUT2D eigenvalue weighted by atomic mass is 10.2. The fourth-order valence-corrected chi connectivity index (χ4v) is 2.02. The molecule has 0 radical (unpaired) electrons. The molecule has 0 aromatic heterocycles. The van der Waals surface area contributed by atoms with Crippen LogP contribution in [0.3, 0.4) is 0 Å². The summed E-state index contributed by atoms with van der Waals surface area (Å²) < 4.78 is 11.9. The maximum absolute atomic E-state index is 5.70. The van der Waals surface area contributed by atoms with Crippen LogP contribution in [0.1, 0.15) is 32.6 Å². The molecule has 0 saturated carbocycles. The Labute approximate surface area is 106 Å². The summed E-state index contributed by atoms with van der Waals surface area (Å²) in [5.74, 6) is 1.59. The van der Waals surface area contributed by atoms with Gasteiger partial charge in [0, 0.05) is 0 Å². The molecule has 0 N–H and O–H groups in total. The van der Waals surface area contributed by atoms with Crippen LogP contribution in [0.15, 0.2) is 22.7 Å². The molecule has 0 heterocycles. The van der Waals surface area contributed by atoms with Gasteiger partial charge < -0.3 is 9.47 Å². The maximum atomic E-state index is 5.70. The molecular formula is C13H19BrO2. The highest BCUT2D eigenvalue weighted by atomic mass is 79.9. The van der Waals surface area contributed by atoms with Gasteiger partial charge in [-0.05, 0) is 34.5 Å². The lowest BCUT2D eigenvalue weighted by Gasteiger charge is -2.11. The van der Waals surface area contributed by atoms with Crippen molar-refractivity contribution in [2.75, 3.05) is 13.7 Å². The number of unbranched alkanes of at least 4 members (excludes halogenated alkanes) is 3. The van der Waals surface area contributed by atoms with Gasteiger partial charge in [-0.2, -0.15) is 0 Å². The van der Waals surface area contributed by atoms with Gasteiger partial charge in [-0.3, -0.25) is 0 Å². The first-order valence-electron chi connectivity index (χ1n) is 5.75. The third-order valence-electron chi connectivity index (χ3n) is 2.39. The summed E-state index contributed by atoms with van der Waals surface area (Å²) in [6.45, 7) is 2.96. The van der Waals surface area contributed by atoms with Crippen LogP contribution in [0.5, 0.6) is 11.5 Å². The van der Waals surface area contributed by atoms with Gasteiger partial charge in [0.25, 0.3) is 0 Å². The van der Waals surface area contributed by atoms with E-state index in [0.29, 0.717) is 0 Å². The molecule has 1 aromatic carbocycles. The summed E-state index contributed by atoms with van der Waals surface area (Å²) in [5.41, 5.74) is 0. The van der Waals surface area contributed by atoms with E-state index in [1.54, 1.807) is 7.11 Å². The Morgan fingerprint density at radius 3 is 2.69 bits per heavy atom. The number of methoxy groups -OCH3 is 1. The van der Waals surface area contributed by atoms with Gasteiger partial charge in [-0.25, -0.2) is 0 Å².